The molecule has 0 bridgehead atoms. The number of hydrogen-bond acceptors (Lipinski definition) is 3. The number of ether oxygens (including phenoxy) is 1. The third-order valence-electron chi connectivity index (χ3n) is 2.31. The maximum Gasteiger partial charge on any atom is 0.0507 e. The van der Waals surface area contributed by atoms with Crippen molar-refractivity contribution in [2.75, 3.05) is 32.8 Å². The highest BCUT2D eigenvalue weighted by Gasteiger charge is 2.14. The third-order valence-corrected chi connectivity index (χ3v) is 2.31. The molecule has 1 saturated heterocycles. The SMILES string of the molecule is CC(C)NCCNCC1CCOC1. The average Bonchev–Trinajstić information content (AvgIpc) is 2.55. The van der Waals surface area contributed by atoms with Crippen LogP contribution in [0.15, 0.2) is 0 Å². The minimum atomic E-state index is 0.594. The summed E-state index contributed by atoms with van der Waals surface area (Å²) in [5.74, 6) is 0.749. The average molecular weight is 186 g/mol. The van der Waals surface area contributed by atoms with Crippen LogP contribution in [0.5, 0.6) is 0 Å². The van der Waals surface area contributed by atoms with Crippen molar-refractivity contribution in [3.05, 3.63) is 0 Å². The topological polar surface area (TPSA) is 33.3 Å². The Bertz CT molecular complexity index is 122. The Kier molecular flexibility index (Phi) is 5.35. The lowest BCUT2D eigenvalue weighted by Crippen LogP contribution is -2.33. The molecule has 0 radical (unpaired) electrons. The Morgan fingerprint density at radius 3 is 2.85 bits per heavy atom. The Hall–Kier alpha value is -0.120. The van der Waals surface area contributed by atoms with Gasteiger partial charge in [-0.05, 0) is 12.3 Å². The van der Waals surface area contributed by atoms with Crippen LogP contribution in [-0.4, -0.2) is 38.9 Å². The van der Waals surface area contributed by atoms with Crippen LogP contribution >= 0.6 is 0 Å². The molecule has 0 amide bonds. The van der Waals surface area contributed by atoms with E-state index in [2.05, 4.69) is 24.5 Å². The van der Waals surface area contributed by atoms with Crippen molar-refractivity contribution in [1.29, 1.82) is 0 Å². The second kappa shape index (κ2) is 6.35. The summed E-state index contributed by atoms with van der Waals surface area (Å²) in [4.78, 5) is 0. The van der Waals surface area contributed by atoms with E-state index in [1.807, 2.05) is 0 Å². The van der Waals surface area contributed by atoms with Crippen molar-refractivity contribution >= 4 is 0 Å². The first-order chi connectivity index (χ1) is 6.29. The van der Waals surface area contributed by atoms with E-state index in [1.165, 1.54) is 6.42 Å². The van der Waals surface area contributed by atoms with Crippen molar-refractivity contribution in [2.24, 2.45) is 5.92 Å². The van der Waals surface area contributed by atoms with Gasteiger partial charge in [0.1, 0.15) is 0 Å². The molecule has 0 spiro atoms. The summed E-state index contributed by atoms with van der Waals surface area (Å²) in [6.45, 7) is 9.48. The summed E-state index contributed by atoms with van der Waals surface area (Å²) in [6, 6.07) is 0.594. The molecule has 1 aliphatic rings. The van der Waals surface area contributed by atoms with Gasteiger partial charge in [-0.15, -0.1) is 0 Å². The molecule has 1 atom stereocenters. The van der Waals surface area contributed by atoms with E-state index in [0.717, 1.165) is 38.8 Å². The molecule has 3 heteroatoms. The Morgan fingerprint density at radius 2 is 2.23 bits per heavy atom. The standard InChI is InChI=1S/C10H22N2O/c1-9(2)12-5-4-11-7-10-3-6-13-8-10/h9-12H,3-8H2,1-2H3. The lowest BCUT2D eigenvalue weighted by atomic mass is 10.1. The van der Waals surface area contributed by atoms with Gasteiger partial charge in [0.15, 0.2) is 0 Å². The van der Waals surface area contributed by atoms with E-state index < -0.39 is 0 Å². The highest BCUT2D eigenvalue weighted by molar-refractivity contribution is 4.67. The number of nitrogens with one attached hydrogen (secondary N) is 2. The molecule has 3 nitrogen and oxygen atoms in total. The molecule has 78 valence electrons. The predicted octanol–water partition coefficient (Wildman–Crippen LogP) is 0.610. The normalized spacial score (nSPS) is 22.8. The maximum atomic E-state index is 5.30. The maximum absolute atomic E-state index is 5.30. The molecule has 1 aliphatic heterocycles. The molecule has 0 aromatic rings. The first-order valence-corrected chi connectivity index (χ1v) is 5.31. The van der Waals surface area contributed by atoms with E-state index in [1.54, 1.807) is 0 Å². The molecule has 1 unspecified atom stereocenters. The highest BCUT2D eigenvalue weighted by Crippen LogP contribution is 2.10. The van der Waals surface area contributed by atoms with Crippen LogP contribution in [0.4, 0.5) is 0 Å². The van der Waals surface area contributed by atoms with Gasteiger partial charge in [-0.2, -0.15) is 0 Å². The molecule has 1 rings (SSSR count). The van der Waals surface area contributed by atoms with Gasteiger partial charge in [0.2, 0.25) is 0 Å². The quantitative estimate of drug-likeness (QED) is 0.596. The smallest absolute Gasteiger partial charge is 0.0507 e. The first-order valence-electron chi connectivity index (χ1n) is 5.31. The zero-order valence-corrected chi connectivity index (χ0v) is 8.81. The number of rotatable bonds is 6. The highest BCUT2D eigenvalue weighted by atomic mass is 16.5. The summed E-state index contributed by atoms with van der Waals surface area (Å²) in [5, 5.41) is 6.82. The molecule has 1 fully saturated rings. The molecule has 2 N–H and O–H groups in total. The van der Waals surface area contributed by atoms with Crippen molar-refractivity contribution < 1.29 is 4.74 Å². The largest absolute Gasteiger partial charge is 0.381 e. The van der Waals surface area contributed by atoms with Gasteiger partial charge in [-0.1, -0.05) is 13.8 Å². The molecule has 1 heterocycles. The molecule has 0 saturated carbocycles. The zero-order valence-electron chi connectivity index (χ0n) is 8.81. The van der Waals surface area contributed by atoms with Gasteiger partial charge in [-0.25, -0.2) is 0 Å². The van der Waals surface area contributed by atoms with Crippen molar-refractivity contribution in [1.82, 2.24) is 10.6 Å². The third kappa shape index (κ3) is 5.24. The lowest BCUT2D eigenvalue weighted by molar-refractivity contribution is 0.185. The fourth-order valence-electron chi connectivity index (χ4n) is 1.50. The van der Waals surface area contributed by atoms with Crippen molar-refractivity contribution in [2.45, 2.75) is 26.3 Å². The van der Waals surface area contributed by atoms with Gasteiger partial charge in [0.05, 0.1) is 6.61 Å². The molecule has 0 aromatic carbocycles. The molecule has 0 aliphatic carbocycles. The summed E-state index contributed by atoms with van der Waals surface area (Å²) in [7, 11) is 0. The van der Waals surface area contributed by atoms with Crippen LogP contribution in [0.1, 0.15) is 20.3 Å². The zero-order chi connectivity index (χ0) is 9.52. The fraction of sp³-hybridized carbons (Fsp3) is 1.00. The second-order valence-corrected chi connectivity index (χ2v) is 4.04. The van der Waals surface area contributed by atoms with Gasteiger partial charge >= 0.3 is 0 Å². The molecule has 0 aromatic heterocycles. The van der Waals surface area contributed by atoms with Crippen LogP contribution in [-0.2, 0) is 4.74 Å². The van der Waals surface area contributed by atoms with Crippen LogP contribution in [0.3, 0.4) is 0 Å². The molecule has 13 heavy (non-hydrogen) atoms. The van der Waals surface area contributed by atoms with Crippen LogP contribution in [0, 0.1) is 5.92 Å². The van der Waals surface area contributed by atoms with E-state index >= 15 is 0 Å². The first kappa shape index (κ1) is 11.0. The van der Waals surface area contributed by atoms with E-state index in [-0.39, 0.29) is 0 Å². The summed E-state index contributed by atoms with van der Waals surface area (Å²) in [6.07, 6.45) is 1.23. The van der Waals surface area contributed by atoms with Gasteiger partial charge in [0, 0.05) is 32.3 Å². The van der Waals surface area contributed by atoms with Gasteiger partial charge in [-0.3, -0.25) is 0 Å². The molecular weight excluding hydrogens is 164 g/mol. The minimum Gasteiger partial charge on any atom is -0.381 e. The van der Waals surface area contributed by atoms with E-state index in [9.17, 15) is 0 Å². The van der Waals surface area contributed by atoms with E-state index in [4.69, 9.17) is 4.74 Å². The Balaban J connectivity index is 1.83. The second-order valence-electron chi connectivity index (χ2n) is 4.04. The van der Waals surface area contributed by atoms with Crippen LogP contribution in [0.25, 0.3) is 0 Å². The fourth-order valence-corrected chi connectivity index (χ4v) is 1.50. The van der Waals surface area contributed by atoms with Gasteiger partial charge < -0.3 is 15.4 Å². The van der Waals surface area contributed by atoms with Crippen LogP contribution < -0.4 is 10.6 Å². The lowest BCUT2D eigenvalue weighted by Gasteiger charge is -2.11. The van der Waals surface area contributed by atoms with Crippen molar-refractivity contribution in [3.63, 3.8) is 0 Å². The predicted molar refractivity (Wildman–Crippen MR) is 54.9 cm³/mol. The van der Waals surface area contributed by atoms with Crippen LogP contribution in [0.2, 0.25) is 0 Å². The Labute approximate surface area is 81.2 Å². The molecular formula is C10H22N2O. The monoisotopic (exact) mass is 186 g/mol. The summed E-state index contributed by atoms with van der Waals surface area (Å²) >= 11 is 0. The van der Waals surface area contributed by atoms with Crippen molar-refractivity contribution in [3.8, 4) is 0 Å². The Morgan fingerprint density at radius 1 is 1.38 bits per heavy atom. The summed E-state index contributed by atoms with van der Waals surface area (Å²) in [5.41, 5.74) is 0. The number of hydrogen-bond donors (Lipinski definition) is 2. The summed E-state index contributed by atoms with van der Waals surface area (Å²) < 4.78 is 5.30. The van der Waals surface area contributed by atoms with E-state index in [0.29, 0.717) is 6.04 Å². The van der Waals surface area contributed by atoms with Gasteiger partial charge in [0.25, 0.3) is 0 Å². The minimum absolute atomic E-state index is 0.594.